The van der Waals surface area contributed by atoms with Crippen LogP contribution in [-0.2, 0) is 15.8 Å². The van der Waals surface area contributed by atoms with Gasteiger partial charge in [0.15, 0.2) is 11.5 Å². The number of ether oxygens (including phenoxy) is 2. The number of carbonyl (C=O) groups is 3. The van der Waals surface area contributed by atoms with Crippen molar-refractivity contribution < 1.29 is 42.0 Å². The fourth-order valence-corrected chi connectivity index (χ4v) is 4.06. The number of nitro benzene ring substituents is 1. The Morgan fingerprint density at radius 2 is 1.76 bits per heavy atom. The van der Waals surface area contributed by atoms with Gasteiger partial charge >= 0.3 is 17.9 Å². The molecule has 3 aromatic carbocycles. The molecular formula is C27H19ClF3N3O7. The van der Waals surface area contributed by atoms with Crippen LogP contribution in [0.2, 0.25) is 5.02 Å². The van der Waals surface area contributed by atoms with Crippen LogP contribution in [0.25, 0.3) is 6.08 Å². The Labute approximate surface area is 235 Å². The number of barbiturate groups is 1. The molecule has 14 heteroatoms. The summed E-state index contributed by atoms with van der Waals surface area (Å²) >= 11 is 6.13. The van der Waals surface area contributed by atoms with Crippen molar-refractivity contribution >= 4 is 46.9 Å². The molecule has 10 nitrogen and oxygen atoms in total. The maximum Gasteiger partial charge on any atom is 0.416 e. The number of halogens is 4. The van der Waals surface area contributed by atoms with Crippen molar-refractivity contribution in [2.24, 2.45) is 0 Å². The number of amides is 4. The van der Waals surface area contributed by atoms with Crippen molar-refractivity contribution in [2.45, 2.75) is 20.0 Å². The fourth-order valence-electron chi connectivity index (χ4n) is 3.89. The van der Waals surface area contributed by atoms with Gasteiger partial charge in [-0.25, -0.2) is 9.69 Å². The molecule has 1 heterocycles. The summed E-state index contributed by atoms with van der Waals surface area (Å²) in [7, 11) is 0. The van der Waals surface area contributed by atoms with E-state index in [-0.39, 0.29) is 29.4 Å². The number of benzene rings is 3. The molecule has 1 fully saturated rings. The Morgan fingerprint density at radius 1 is 1.05 bits per heavy atom. The van der Waals surface area contributed by atoms with Crippen LogP contribution >= 0.6 is 11.6 Å². The normalized spacial score (nSPS) is 14.7. The van der Waals surface area contributed by atoms with Gasteiger partial charge in [-0.05, 0) is 67.4 Å². The van der Waals surface area contributed by atoms with E-state index < -0.39 is 51.5 Å². The third-order valence-corrected chi connectivity index (χ3v) is 6.27. The van der Waals surface area contributed by atoms with E-state index in [4.69, 9.17) is 21.1 Å². The summed E-state index contributed by atoms with van der Waals surface area (Å²) in [6.07, 6.45) is -3.60. The highest BCUT2D eigenvalue weighted by molar-refractivity contribution is 6.40. The SMILES string of the molecule is CCOc1cc(/C=C2\C(=O)NC(=O)N(c3cccc(Cl)c3C)C2=O)ccc1Oc1ccc(C(F)(F)F)cc1[N+](=O)[O-]. The monoisotopic (exact) mass is 589 g/mol. The molecule has 1 aliphatic heterocycles. The molecule has 1 aliphatic rings. The van der Waals surface area contributed by atoms with E-state index in [0.717, 1.165) is 11.0 Å². The third kappa shape index (κ3) is 5.99. The highest BCUT2D eigenvalue weighted by Crippen LogP contribution is 2.40. The molecule has 1 saturated heterocycles. The second kappa shape index (κ2) is 11.3. The van der Waals surface area contributed by atoms with Gasteiger partial charge in [-0.2, -0.15) is 13.2 Å². The van der Waals surface area contributed by atoms with Gasteiger partial charge in [0.25, 0.3) is 11.8 Å². The van der Waals surface area contributed by atoms with Crippen LogP contribution in [0.3, 0.4) is 0 Å². The van der Waals surface area contributed by atoms with Crippen molar-refractivity contribution in [1.29, 1.82) is 0 Å². The molecule has 0 radical (unpaired) electrons. The van der Waals surface area contributed by atoms with Crippen LogP contribution in [-0.4, -0.2) is 29.4 Å². The van der Waals surface area contributed by atoms with Crippen molar-refractivity contribution in [3.05, 3.63) is 92.0 Å². The Morgan fingerprint density at radius 3 is 2.41 bits per heavy atom. The Bertz CT molecular complexity index is 1620. The Kier molecular flexibility index (Phi) is 8.01. The number of nitrogens with one attached hydrogen (secondary N) is 1. The van der Waals surface area contributed by atoms with E-state index in [1.807, 2.05) is 0 Å². The number of hydrogen-bond acceptors (Lipinski definition) is 7. The molecular weight excluding hydrogens is 571 g/mol. The molecule has 4 rings (SSSR count). The molecule has 0 aromatic heterocycles. The van der Waals surface area contributed by atoms with E-state index in [9.17, 15) is 37.7 Å². The van der Waals surface area contributed by atoms with Gasteiger partial charge in [0.1, 0.15) is 5.57 Å². The number of imide groups is 2. The third-order valence-electron chi connectivity index (χ3n) is 5.86. The summed E-state index contributed by atoms with van der Waals surface area (Å²) in [5.74, 6) is -2.40. The standard InChI is InChI=1S/C27H19ClF3N3O7/c1-3-40-23-12-15(7-9-22(23)41-21-10-8-16(27(29,30)31)13-20(21)34(38)39)11-17-24(35)32-26(37)33(25(17)36)19-6-4-5-18(28)14(19)2/h4-13H,3H2,1-2H3,(H,32,35,37)/b17-11+. The van der Waals surface area contributed by atoms with Gasteiger partial charge in [0.05, 0.1) is 22.8 Å². The van der Waals surface area contributed by atoms with Crippen LogP contribution in [0.5, 0.6) is 17.2 Å². The maximum atomic E-state index is 13.3. The minimum Gasteiger partial charge on any atom is -0.490 e. The average Bonchev–Trinajstić information content (AvgIpc) is 2.90. The first-order chi connectivity index (χ1) is 19.3. The van der Waals surface area contributed by atoms with E-state index in [0.29, 0.717) is 22.7 Å². The zero-order chi connectivity index (χ0) is 30.1. The van der Waals surface area contributed by atoms with Gasteiger partial charge in [0.2, 0.25) is 5.75 Å². The predicted molar refractivity (Wildman–Crippen MR) is 141 cm³/mol. The molecule has 0 unspecified atom stereocenters. The minimum atomic E-state index is -4.80. The first-order valence-corrected chi connectivity index (χ1v) is 12.2. The van der Waals surface area contributed by atoms with Gasteiger partial charge < -0.3 is 9.47 Å². The Hall–Kier alpha value is -4.91. The number of nitro groups is 1. The quantitative estimate of drug-likeness (QED) is 0.145. The van der Waals surface area contributed by atoms with E-state index in [1.54, 1.807) is 26.0 Å². The molecule has 41 heavy (non-hydrogen) atoms. The summed E-state index contributed by atoms with van der Waals surface area (Å²) < 4.78 is 50.3. The summed E-state index contributed by atoms with van der Waals surface area (Å²) in [5.41, 5.74) is -1.67. The zero-order valence-electron chi connectivity index (χ0n) is 21.2. The van der Waals surface area contributed by atoms with Crippen molar-refractivity contribution in [1.82, 2.24) is 5.32 Å². The van der Waals surface area contributed by atoms with Gasteiger partial charge in [-0.1, -0.05) is 23.7 Å². The molecule has 0 spiro atoms. The fraction of sp³-hybridized carbons (Fsp3) is 0.148. The number of anilines is 1. The number of urea groups is 1. The lowest BCUT2D eigenvalue weighted by Crippen LogP contribution is -2.54. The molecule has 1 N–H and O–H groups in total. The molecule has 0 saturated carbocycles. The van der Waals surface area contributed by atoms with Crippen LogP contribution in [0.1, 0.15) is 23.6 Å². The first kappa shape index (κ1) is 29.1. The van der Waals surface area contributed by atoms with Gasteiger partial charge in [-0.15, -0.1) is 0 Å². The second-order valence-corrected chi connectivity index (χ2v) is 8.93. The first-order valence-electron chi connectivity index (χ1n) is 11.8. The van der Waals surface area contributed by atoms with Crippen molar-refractivity contribution in [2.75, 3.05) is 11.5 Å². The van der Waals surface area contributed by atoms with Crippen molar-refractivity contribution in [3.8, 4) is 17.2 Å². The lowest BCUT2D eigenvalue weighted by Gasteiger charge is -2.27. The average molecular weight is 590 g/mol. The molecule has 3 aromatic rings. The number of alkyl halides is 3. The topological polar surface area (TPSA) is 128 Å². The second-order valence-electron chi connectivity index (χ2n) is 8.52. The summed E-state index contributed by atoms with van der Waals surface area (Å²) in [6.45, 7) is 3.33. The number of carbonyl (C=O) groups excluding carboxylic acids is 3. The predicted octanol–water partition coefficient (Wildman–Crippen LogP) is 6.43. The molecule has 0 atom stereocenters. The van der Waals surface area contributed by atoms with Crippen LogP contribution in [0.15, 0.2) is 60.2 Å². The minimum absolute atomic E-state index is 0.0123. The lowest BCUT2D eigenvalue weighted by atomic mass is 10.1. The van der Waals surface area contributed by atoms with Crippen LogP contribution in [0, 0.1) is 17.0 Å². The van der Waals surface area contributed by atoms with Crippen LogP contribution < -0.4 is 19.7 Å². The van der Waals surface area contributed by atoms with E-state index in [2.05, 4.69) is 5.32 Å². The molecule has 0 bridgehead atoms. The Balaban J connectivity index is 1.71. The smallest absolute Gasteiger partial charge is 0.416 e. The van der Waals surface area contributed by atoms with Crippen LogP contribution in [0.4, 0.5) is 29.3 Å². The summed E-state index contributed by atoms with van der Waals surface area (Å²) in [4.78, 5) is 49.6. The highest BCUT2D eigenvalue weighted by atomic mass is 35.5. The molecule has 0 aliphatic carbocycles. The lowest BCUT2D eigenvalue weighted by molar-refractivity contribution is -0.385. The van der Waals surface area contributed by atoms with E-state index in [1.165, 1.54) is 30.3 Å². The maximum absolute atomic E-state index is 13.3. The molecule has 212 valence electrons. The number of rotatable bonds is 7. The number of nitrogens with zero attached hydrogens (tertiary/aromatic N) is 2. The highest BCUT2D eigenvalue weighted by Gasteiger charge is 2.38. The molecule has 4 amide bonds. The largest absolute Gasteiger partial charge is 0.490 e. The number of hydrogen-bond donors (Lipinski definition) is 1. The van der Waals surface area contributed by atoms with E-state index >= 15 is 0 Å². The zero-order valence-corrected chi connectivity index (χ0v) is 22.0. The van der Waals surface area contributed by atoms with Crippen molar-refractivity contribution in [3.63, 3.8) is 0 Å². The summed E-state index contributed by atoms with van der Waals surface area (Å²) in [5, 5.41) is 13.9. The van der Waals surface area contributed by atoms with Gasteiger partial charge in [-0.3, -0.25) is 25.0 Å². The summed E-state index contributed by atoms with van der Waals surface area (Å²) in [6, 6.07) is 9.51. The van der Waals surface area contributed by atoms with Gasteiger partial charge in [0, 0.05) is 11.1 Å².